The number of hydrogen-bond donors (Lipinski definition) is 1. The number of nitrogens with two attached hydrogens (primary N) is 1. The molecular weight excluding hydrogens is 400 g/mol. The van der Waals surface area contributed by atoms with E-state index in [1.807, 2.05) is 11.5 Å². The zero-order chi connectivity index (χ0) is 21.1. The lowest BCUT2D eigenvalue weighted by Gasteiger charge is -2.21. The molecule has 3 atom stereocenters. The van der Waals surface area contributed by atoms with Crippen LogP contribution < -0.4 is 5.73 Å². The van der Waals surface area contributed by atoms with E-state index in [0.717, 1.165) is 6.07 Å². The zero-order valence-electron chi connectivity index (χ0n) is 15.4. The van der Waals surface area contributed by atoms with Crippen molar-refractivity contribution in [2.75, 3.05) is 25.4 Å². The Hall–Kier alpha value is -2.30. The van der Waals surface area contributed by atoms with Crippen molar-refractivity contribution in [3.05, 3.63) is 29.8 Å². The number of halogens is 6. The normalized spacial score (nSPS) is 24.7. The maximum atomic E-state index is 13.1. The maximum absolute atomic E-state index is 13.1. The fraction of sp³-hybridized carbons (Fsp3) is 0.556. The second-order valence-corrected chi connectivity index (χ2v) is 7.59. The van der Waals surface area contributed by atoms with Crippen LogP contribution in [0.15, 0.2) is 18.5 Å². The van der Waals surface area contributed by atoms with Crippen molar-refractivity contribution in [1.29, 1.82) is 0 Å². The number of likely N-dealkylation sites (tertiary alicyclic amines) is 1. The SMILES string of the molecule is CCc1nc(-c2cnc(N)c(C(F)(F)F)c2)cn1C1[C@H]2CN(CC(F)(F)F)C[C@@H]12. The molecule has 11 heteroatoms. The number of fused-ring (bicyclic) bond motifs is 1. The van der Waals surface area contributed by atoms with Gasteiger partial charge in [-0.05, 0) is 17.9 Å². The van der Waals surface area contributed by atoms with Gasteiger partial charge in [-0.1, -0.05) is 6.92 Å². The molecule has 0 aromatic carbocycles. The van der Waals surface area contributed by atoms with E-state index in [0.29, 0.717) is 31.0 Å². The molecule has 1 aliphatic carbocycles. The van der Waals surface area contributed by atoms with Crippen molar-refractivity contribution >= 4 is 5.82 Å². The molecule has 1 saturated carbocycles. The molecule has 2 aromatic rings. The van der Waals surface area contributed by atoms with Gasteiger partial charge >= 0.3 is 12.4 Å². The lowest BCUT2D eigenvalue weighted by molar-refractivity contribution is -0.144. The van der Waals surface area contributed by atoms with Crippen molar-refractivity contribution in [3.63, 3.8) is 0 Å². The summed E-state index contributed by atoms with van der Waals surface area (Å²) in [5, 5.41) is 0. The number of piperidine rings is 1. The lowest BCUT2D eigenvalue weighted by Crippen LogP contribution is -2.34. The Morgan fingerprint density at radius 3 is 2.34 bits per heavy atom. The monoisotopic (exact) mass is 419 g/mol. The van der Waals surface area contributed by atoms with Gasteiger partial charge in [0, 0.05) is 43.5 Å². The molecule has 4 rings (SSSR count). The van der Waals surface area contributed by atoms with Crippen molar-refractivity contribution in [2.45, 2.75) is 31.7 Å². The van der Waals surface area contributed by atoms with Crippen LogP contribution >= 0.6 is 0 Å². The van der Waals surface area contributed by atoms with Gasteiger partial charge in [0.15, 0.2) is 0 Å². The molecule has 158 valence electrons. The molecule has 0 radical (unpaired) electrons. The largest absolute Gasteiger partial charge is 0.419 e. The highest BCUT2D eigenvalue weighted by Gasteiger charge is 2.58. The Bertz CT molecular complexity index is 906. The van der Waals surface area contributed by atoms with Gasteiger partial charge in [-0.2, -0.15) is 26.3 Å². The first-order valence-corrected chi connectivity index (χ1v) is 9.18. The fourth-order valence-electron chi connectivity index (χ4n) is 4.31. The van der Waals surface area contributed by atoms with Crippen LogP contribution in [-0.4, -0.2) is 45.2 Å². The Kier molecular flexibility index (Phi) is 4.56. The average molecular weight is 419 g/mol. The summed E-state index contributed by atoms with van der Waals surface area (Å²) in [4.78, 5) is 9.48. The Labute approximate surface area is 162 Å². The molecular formula is C18H19F6N5. The van der Waals surface area contributed by atoms with Gasteiger partial charge in [-0.3, -0.25) is 4.90 Å². The van der Waals surface area contributed by atoms with Crippen LogP contribution in [0.25, 0.3) is 11.3 Å². The molecule has 29 heavy (non-hydrogen) atoms. The average Bonchev–Trinajstić information content (AvgIpc) is 2.95. The first-order valence-electron chi connectivity index (χ1n) is 9.18. The molecule has 0 amide bonds. The number of aromatic nitrogens is 3. The molecule has 5 nitrogen and oxygen atoms in total. The third-order valence-corrected chi connectivity index (χ3v) is 5.59. The predicted molar refractivity (Wildman–Crippen MR) is 92.8 cm³/mol. The van der Waals surface area contributed by atoms with Crippen molar-refractivity contribution in [2.24, 2.45) is 11.8 Å². The second-order valence-electron chi connectivity index (χ2n) is 7.59. The van der Waals surface area contributed by atoms with Crippen LogP contribution in [-0.2, 0) is 12.6 Å². The van der Waals surface area contributed by atoms with E-state index in [9.17, 15) is 26.3 Å². The van der Waals surface area contributed by atoms with Crippen LogP contribution in [0.5, 0.6) is 0 Å². The number of imidazole rings is 1. The lowest BCUT2D eigenvalue weighted by atomic mass is 10.1. The summed E-state index contributed by atoms with van der Waals surface area (Å²) in [6, 6.07) is 0.951. The van der Waals surface area contributed by atoms with Crippen molar-refractivity contribution in [3.8, 4) is 11.3 Å². The summed E-state index contributed by atoms with van der Waals surface area (Å²) >= 11 is 0. The summed E-state index contributed by atoms with van der Waals surface area (Å²) < 4.78 is 79.0. The topological polar surface area (TPSA) is 60.0 Å². The zero-order valence-corrected chi connectivity index (χ0v) is 15.4. The Morgan fingerprint density at radius 2 is 1.79 bits per heavy atom. The van der Waals surface area contributed by atoms with E-state index in [-0.39, 0.29) is 23.4 Å². The van der Waals surface area contributed by atoms with E-state index >= 15 is 0 Å². The molecule has 2 aliphatic rings. The number of nitrogens with zero attached hydrogens (tertiary/aromatic N) is 4. The summed E-state index contributed by atoms with van der Waals surface area (Å²) in [7, 11) is 0. The highest BCUT2D eigenvalue weighted by Crippen LogP contribution is 2.56. The minimum atomic E-state index is -4.63. The molecule has 1 aliphatic heterocycles. The number of anilines is 1. The summed E-state index contributed by atoms with van der Waals surface area (Å²) in [6.45, 7) is 1.67. The van der Waals surface area contributed by atoms with E-state index in [2.05, 4.69) is 9.97 Å². The number of rotatable bonds is 4. The van der Waals surface area contributed by atoms with Crippen molar-refractivity contribution < 1.29 is 26.3 Å². The molecule has 1 unspecified atom stereocenters. The smallest absolute Gasteiger partial charge is 0.383 e. The van der Waals surface area contributed by atoms with Gasteiger partial charge in [-0.15, -0.1) is 0 Å². The number of alkyl halides is 6. The van der Waals surface area contributed by atoms with Crippen LogP contribution in [0, 0.1) is 11.8 Å². The third-order valence-electron chi connectivity index (χ3n) is 5.59. The molecule has 2 fully saturated rings. The first kappa shape index (κ1) is 20.0. The molecule has 0 spiro atoms. The van der Waals surface area contributed by atoms with Crippen LogP contribution in [0.1, 0.15) is 24.4 Å². The third kappa shape index (κ3) is 3.79. The maximum Gasteiger partial charge on any atom is 0.419 e. The minimum Gasteiger partial charge on any atom is -0.383 e. The number of hydrogen-bond acceptors (Lipinski definition) is 4. The molecule has 2 N–H and O–H groups in total. The number of pyridine rings is 1. The quantitative estimate of drug-likeness (QED) is 0.767. The van der Waals surface area contributed by atoms with Gasteiger partial charge in [-0.25, -0.2) is 9.97 Å². The van der Waals surface area contributed by atoms with Crippen LogP contribution in [0.3, 0.4) is 0 Å². The van der Waals surface area contributed by atoms with E-state index in [1.54, 1.807) is 6.20 Å². The standard InChI is InChI=1S/C18H19F6N5/c1-2-14-27-13(9-3-12(18(22,23)24)16(25)26-4-9)7-29(14)15-10-5-28(6-11(10)15)8-17(19,20)21/h3-4,7,10-11,15H,2,5-6,8H2,1H3,(H2,25,26)/t10-,11+,15?. The highest BCUT2D eigenvalue weighted by atomic mass is 19.4. The summed E-state index contributed by atoms with van der Waals surface area (Å²) in [6.07, 6.45) is -5.38. The van der Waals surface area contributed by atoms with E-state index in [1.165, 1.54) is 11.1 Å². The highest BCUT2D eigenvalue weighted by molar-refractivity contribution is 5.62. The summed E-state index contributed by atoms with van der Waals surface area (Å²) in [5.41, 5.74) is 4.87. The van der Waals surface area contributed by atoms with Crippen LogP contribution in [0.4, 0.5) is 32.2 Å². The second kappa shape index (κ2) is 6.61. The van der Waals surface area contributed by atoms with Gasteiger partial charge < -0.3 is 10.3 Å². The number of aryl methyl sites for hydroxylation is 1. The molecule has 2 aromatic heterocycles. The Balaban J connectivity index is 1.56. The summed E-state index contributed by atoms with van der Waals surface area (Å²) in [5.74, 6) is 0.282. The minimum absolute atomic E-state index is 0.0273. The van der Waals surface area contributed by atoms with Crippen LogP contribution in [0.2, 0.25) is 0 Å². The van der Waals surface area contributed by atoms with Gasteiger partial charge in [0.05, 0.1) is 17.8 Å². The molecule has 3 heterocycles. The molecule has 0 bridgehead atoms. The van der Waals surface area contributed by atoms with E-state index in [4.69, 9.17) is 5.73 Å². The first-order chi connectivity index (χ1) is 13.5. The van der Waals surface area contributed by atoms with Crippen molar-refractivity contribution in [1.82, 2.24) is 19.4 Å². The molecule has 1 saturated heterocycles. The van der Waals surface area contributed by atoms with Gasteiger partial charge in [0.25, 0.3) is 0 Å². The fourth-order valence-corrected chi connectivity index (χ4v) is 4.31. The van der Waals surface area contributed by atoms with Gasteiger partial charge in [0.2, 0.25) is 0 Å². The Morgan fingerprint density at radius 1 is 1.14 bits per heavy atom. The van der Waals surface area contributed by atoms with Gasteiger partial charge in [0.1, 0.15) is 11.6 Å². The van der Waals surface area contributed by atoms with E-state index < -0.39 is 30.3 Å². The number of nitrogen functional groups attached to an aromatic ring is 1. The predicted octanol–water partition coefficient (Wildman–Crippen LogP) is 3.77.